The molecular weight excluding hydrogens is 214 g/mol. The van der Waals surface area contributed by atoms with Crippen LogP contribution in [0.4, 0.5) is 0 Å². The molecule has 1 unspecified atom stereocenters. The van der Waals surface area contributed by atoms with E-state index in [0.717, 1.165) is 12.2 Å². The average Bonchev–Trinajstić information content (AvgIpc) is 2.38. The smallest absolute Gasteiger partial charge is 0.119 e. The van der Waals surface area contributed by atoms with Crippen molar-refractivity contribution in [3.8, 4) is 5.75 Å². The molecule has 0 saturated carbocycles. The molecule has 94 valence electrons. The molecule has 17 heavy (non-hydrogen) atoms. The van der Waals surface area contributed by atoms with Gasteiger partial charge in [0.1, 0.15) is 12.4 Å². The van der Waals surface area contributed by atoms with Gasteiger partial charge in [-0.1, -0.05) is 6.07 Å². The molecule has 1 atom stereocenters. The lowest BCUT2D eigenvalue weighted by molar-refractivity contribution is 0.146. The van der Waals surface area contributed by atoms with Crippen LogP contribution >= 0.6 is 0 Å². The van der Waals surface area contributed by atoms with Crippen LogP contribution in [-0.2, 0) is 11.2 Å². The van der Waals surface area contributed by atoms with E-state index >= 15 is 0 Å². The second-order valence-electron chi connectivity index (χ2n) is 4.44. The van der Waals surface area contributed by atoms with E-state index in [0.29, 0.717) is 19.3 Å². The summed E-state index contributed by atoms with van der Waals surface area (Å²) in [6.45, 7) is 1.25. The Labute approximate surface area is 103 Å². The van der Waals surface area contributed by atoms with Gasteiger partial charge in [0.05, 0.1) is 6.61 Å². The molecule has 1 N–H and O–H groups in total. The standard InChI is InChI=1S/C14H21NO2/c1-15-14-5-3-4-11-10-12(6-7-13(11)14)17-9-8-16-2/h6-7,10,14-15H,3-5,8-9H2,1-2H3. The third-order valence-corrected chi connectivity index (χ3v) is 3.33. The molecule has 0 fully saturated rings. The fraction of sp³-hybridized carbons (Fsp3) is 0.571. The maximum absolute atomic E-state index is 5.64. The van der Waals surface area contributed by atoms with Crippen molar-refractivity contribution >= 4 is 0 Å². The Balaban J connectivity index is 2.08. The monoisotopic (exact) mass is 235 g/mol. The van der Waals surface area contributed by atoms with E-state index in [1.807, 2.05) is 7.05 Å². The topological polar surface area (TPSA) is 30.5 Å². The minimum Gasteiger partial charge on any atom is -0.491 e. The second kappa shape index (κ2) is 6.03. The van der Waals surface area contributed by atoms with Gasteiger partial charge in [-0.05, 0) is 49.6 Å². The number of nitrogens with one attached hydrogen (secondary N) is 1. The first-order valence-electron chi connectivity index (χ1n) is 6.27. The summed E-state index contributed by atoms with van der Waals surface area (Å²) in [7, 11) is 3.72. The SMILES string of the molecule is CNC1CCCc2cc(OCCOC)ccc21. The highest BCUT2D eigenvalue weighted by Gasteiger charge is 2.18. The Morgan fingerprint density at radius 1 is 1.35 bits per heavy atom. The van der Waals surface area contributed by atoms with Gasteiger partial charge in [-0.15, -0.1) is 0 Å². The van der Waals surface area contributed by atoms with Crippen molar-refractivity contribution in [3.63, 3.8) is 0 Å². The van der Waals surface area contributed by atoms with Gasteiger partial charge in [-0.2, -0.15) is 0 Å². The fourth-order valence-electron chi connectivity index (χ4n) is 2.42. The van der Waals surface area contributed by atoms with Crippen molar-refractivity contribution in [1.82, 2.24) is 5.32 Å². The first-order valence-corrected chi connectivity index (χ1v) is 6.27. The number of rotatable bonds is 5. The van der Waals surface area contributed by atoms with Gasteiger partial charge in [0.25, 0.3) is 0 Å². The lowest BCUT2D eigenvalue weighted by Crippen LogP contribution is -2.21. The molecule has 1 aromatic rings. The zero-order valence-electron chi connectivity index (χ0n) is 10.7. The maximum Gasteiger partial charge on any atom is 0.119 e. The van der Waals surface area contributed by atoms with E-state index in [2.05, 4.69) is 23.5 Å². The number of hydrogen-bond acceptors (Lipinski definition) is 3. The molecule has 0 saturated heterocycles. The first kappa shape index (κ1) is 12.4. The van der Waals surface area contributed by atoms with E-state index in [-0.39, 0.29) is 0 Å². The molecule has 0 amide bonds. The molecule has 1 aliphatic rings. The van der Waals surface area contributed by atoms with E-state index in [1.165, 1.54) is 24.0 Å². The van der Waals surface area contributed by atoms with Gasteiger partial charge in [0, 0.05) is 13.2 Å². The lowest BCUT2D eigenvalue weighted by Gasteiger charge is -2.25. The third-order valence-electron chi connectivity index (χ3n) is 3.33. The highest BCUT2D eigenvalue weighted by Crippen LogP contribution is 2.31. The molecule has 1 aromatic carbocycles. The van der Waals surface area contributed by atoms with Crippen molar-refractivity contribution in [2.45, 2.75) is 25.3 Å². The summed E-state index contributed by atoms with van der Waals surface area (Å²) in [6.07, 6.45) is 3.64. The van der Waals surface area contributed by atoms with E-state index < -0.39 is 0 Å². The summed E-state index contributed by atoms with van der Waals surface area (Å²) in [5.41, 5.74) is 2.85. The number of hydrogen-bond donors (Lipinski definition) is 1. The summed E-state index contributed by atoms with van der Waals surface area (Å²) < 4.78 is 10.6. The van der Waals surface area contributed by atoms with Crippen molar-refractivity contribution in [3.05, 3.63) is 29.3 Å². The molecule has 1 aliphatic carbocycles. The van der Waals surface area contributed by atoms with Crippen LogP contribution in [0.15, 0.2) is 18.2 Å². The number of fused-ring (bicyclic) bond motifs is 1. The van der Waals surface area contributed by atoms with Crippen molar-refractivity contribution in [2.75, 3.05) is 27.4 Å². The Kier molecular flexibility index (Phi) is 4.40. The van der Waals surface area contributed by atoms with Gasteiger partial charge in [-0.3, -0.25) is 0 Å². The van der Waals surface area contributed by atoms with Crippen LogP contribution in [-0.4, -0.2) is 27.4 Å². The molecule has 2 rings (SSSR count). The molecule has 0 bridgehead atoms. The van der Waals surface area contributed by atoms with E-state index in [9.17, 15) is 0 Å². The molecule has 0 aliphatic heterocycles. The highest BCUT2D eigenvalue weighted by molar-refractivity contribution is 5.39. The number of ether oxygens (including phenoxy) is 2. The Bertz CT molecular complexity index is 365. The molecular formula is C14H21NO2. The molecule has 3 nitrogen and oxygen atoms in total. The highest BCUT2D eigenvalue weighted by atomic mass is 16.5. The Hall–Kier alpha value is -1.06. The molecule has 0 radical (unpaired) electrons. The van der Waals surface area contributed by atoms with Crippen LogP contribution in [0.3, 0.4) is 0 Å². The van der Waals surface area contributed by atoms with Crippen LogP contribution in [0.5, 0.6) is 5.75 Å². The molecule has 3 heteroatoms. The predicted molar refractivity (Wildman–Crippen MR) is 68.6 cm³/mol. The molecule has 0 aromatic heterocycles. The quantitative estimate of drug-likeness (QED) is 0.794. The van der Waals surface area contributed by atoms with Crippen LogP contribution in [0.2, 0.25) is 0 Å². The predicted octanol–water partition coefficient (Wildman–Crippen LogP) is 2.31. The number of benzene rings is 1. The van der Waals surface area contributed by atoms with E-state index in [4.69, 9.17) is 9.47 Å². The zero-order chi connectivity index (χ0) is 12.1. The van der Waals surface area contributed by atoms with Crippen molar-refractivity contribution in [2.24, 2.45) is 0 Å². The largest absolute Gasteiger partial charge is 0.491 e. The number of methoxy groups -OCH3 is 1. The summed E-state index contributed by atoms with van der Waals surface area (Å²) in [4.78, 5) is 0. The first-order chi connectivity index (χ1) is 8.35. The zero-order valence-corrected chi connectivity index (χ0v) is 10.7. The Morgan fingerprint density at radius 3 is 3.00 bits per heavy atom. The lowest BCUT2D eigenvalue weighted by atomic mass is 9.87. The van der Waals surface area contributed by atoms with Crippen molar-refractivity contribution in [1.29, 1.82) is 0 Å². The minimum absolute atomic E-state index is 0.506. The summed E-state index contributed by atoms with van der Waals surface area (Å²) in [5, 5.41) is 3.37. The van der Waals surface area contributed by atoms with Gasteiger partial charge < -0.3 is 14.8 Å². The Morgan fingerprint density at radius 2 is 2.24 bits per heavy atom. The van der Waals surface area contributed by atoms with Gasteiger partial charge in [0.15, 0.2) is 0 Å². The minimum atomic E-state index is 0.506. The van der Waals surface area contributed by atoms with Crippen LogP contribution in [0, 0.1) is 0 Å². The second-order valence-corrected chi connectivity index (χ2v) is 4.44. The fourth-order valence-corrected chi connectivity index (χ4v) is 2.42. The summed E-state index contributed by atoms with van der Waals surface area (Å²) in [6, 6.07) is 6.93. The molecule has 0 spiro atoms. The van der Waals surface area contributed by atoms with Crippen LogP contribution in [0.25, 0.3) is 0 Å². The number of aryl methyl sites for hydroxylation is 1. The van der Waals surface area contributed by atoms with Crippen molar-refractivity contribution < 1.29 is 9.47 Å². The van der Waals surface area contributed by atoms with Gasteiger partial charge in [-0.25, -0.2) is 0 Å². The van der Waals surface area contributed by atoms with Crippen LogP contribution < -0.4 is 10.1 Å². The summed E-state index contributed by atoms with van der Waals surface area (Å²) >= 11 is 0. The average molecular weight is 235 g/mol. The van der Waals surface area contributed by atoms with Gasteiger partial charge in [0.2, 0.25) is 0 Å². The maximum atomic E-state index is 5.64. The van der Waals surface area contributed by atoms with Crippen LogP contribution in [0.1, 0.15) is 30.0 Å². The van der Waals surface area contributed by atoms with E-state index in [1.54, 1.807) is 7.11 Å². The van der Waals surface area contributed by atoms with Gasteiger partial charge >= 0.3 is 0 Å². The molecule has 0 heterocycles. The third kappa shape index (κ3) is 2.99. The normalized spacial score (nSPS) is 18.8. The summed E-state index contributed by atoms with van der Waals surface area (Å²) in [5.74, 6) is 0.956.